The largest absolute Gasteiger partial charge is 0.496 e. The number of benzene rings is 2. The Bertz CT molecular complexity index is 681. The van der Waals surface area contributed by atoms with E-state index in [0.717, 1.165) is 23.3 Å². The van der Waals surface area contributed by atoms with Crippen LogP contribution in [0, 0.1) is 0 Å². The van der Waals surface area contributed by atoms with Gasteiger partial charge in [-0.1, -0.05) is 73.7 Å². The number of nitrogens with two attached hydrogens (primary N) is 1. The number of methoxy groups -OCH3 is 1. The van der Waals surface area contributed by atoms with Gasteiger partial charge in [0.05, 0.1) is 7.11 Å². The molecule has 0 heterocycles. The zero-order valence-electron chi connectivity index (χ0n) is 14.1. The number of ether oxygens (including phenoxy) is 1. The number of hydrogen-bond acceptors (Lipinski definition) is 2. The average molecular weight is 307 g/mol. The van der Waals surface area contributed by atoms with Crippen molar-refractivity contribution in [3.8, 4) is 5.75 Å². The fourth-order valence-corrected chi connectivity index (χ4v) is 2.31. The molecule has 0 fully saturated rings. The quantitative estimate of drug-likeness (QED) is 0.762. The van der Waals surface area contributed by atoms with Crippen molar-refractivity contribution in [2.75, 3.05) is 7.11 Å². The predicted molar refractivity (Wildman–Crippen MR) is 99.3 cm³/mol. The van der Waals surface area contributed by atoms with Gasteiger partial charge >= 0.3 is 0 Å². The molecule has 2 aromatic carbocycles. The van der Waals surface area contributed by atoms with Crippen molar-refractivity contribution in [3.63, 3.8) is 0 Å². The minimum atomic E-state index is -0.258. The second-order valence-corrected chi connectivity index (χ2v) is 5.85. The molecule has 2 heteroatoms. The lowest BCUT2D eigenvalue weighted by molar-refractivity contribution is 0.414. The molecule has 2 rings (SSSR count). The molecule has 1 unspecified atom stereocenters. The van der Waals surface area contributed by atoms with E-state index < -0.39 is 0 Å². The van der Waals surface area contributed by atoms with Crippen LogP contribution in [0.5, 0.6) is 5.75 Å². The highest BCUT2D eigenvalue weighted by Crippen LogP contribution is 2.22. The van der Waals surface area contributed by atoms with Crippen molar-refractivity contribution >= 4 is 12.2 Å². The van der Waals surface area contributed by atoms with Crippen molar-refractivity contribution < 1.29 is 4.74 Å². The Morgan fingerprint density at radius 3 is 2.30 bits per heavy atom. The van der Waals surface area contributed by atoms with Crippen LogP contribution in [0.1, 0.15) is 37.0 Å². The molecule has 120 valence electrons. The summed E-state index contributed by atoms with van der Waals surface area (Å²) in [4.78, 5) is 0. The maximum absolute atomic E-state index is 6.26. The van der Waals surface area contributed by atoms with Gasteiger partial charge < -0.3 is 10.5 Å². The van der Waals surface area contributed by atoms with Crippen LogP contribution in [-0.4, -0.2) is 7.11 Å². The van der Waals surface area contributed by atoms with E-state index in [-0.39, 0.29) is 5.54 Å². The molecule has 23 heavy (non-hydrogen) atoms. The van der Waals surface area contributed by atoms with E-state index in [1.807, 2.05) is 42.5 Å². The molecule has 0 aliphatic rings. The lowest BCUT2D eigenvalue weighted by Crippen LogP contribution is -2.31. The summed E-state index contributed by atoms with van der Waals surface area (Å²) in [6, 6.07) is 16.4. The van der Waals surface area contributed by atoms with Crippen molar-refractivity contribution in [2.45, 2.75) is 25.8 Å². The summed E-state index contributed by atoms with van der Waals surface area (Å²) in [5, 5.41) is 0. The summed E-state index contributed by atoms with van der Waals surface area (Å²) >= 11 is 0. The molecule has 0 radical (unpaired) electrons. The Hall–Kier alpha value is -2.32. The zero-order chi connectivity index (χ0) is 16.7. The van der Waals surface area contributed by atoms with Gasteiger partial charge in [-0.2, -0.15) is 0 Å². The molecule has 2 aromatic rings. The number of para-hydroxylation sites is 1. The van der Waals surface area contributed by atoms with Gasteiger partial charge in [0.1, 0.15) is 5.75 Å². The first-order chi connectivity index (χ1) is 11.1. The molecule has 0 spiro atoms. The fraction of sp³-hybridized carbons (Fsp3) is 0.238. The molecule has 0 saturated heterocycles. The average Bonchev–Trinajstić information content (AvgIpc) is 2.59. The summed E-state index contributed by atoms with van der Waals surface area (Å²) in [6.07, 6.45) is 9.09. The smallest absolute Gasteiger partial charge is 0.126 e. The van der Waals surface area contributed by atoms with E-state index in [1.165, 1.54) is 5.56 Å². The normalized spacial score (nSPS) is 14.3. The summed E-state index contributed by atoms with van der Waals surface area (Å²) < 4.78 is 5.33. The first-order valence-electron chi connectivity index (χ1n) is 7.94. The van der Waals surface area contributed by atoms with Gasteiger partial charge in [-0.15, -0.1) is 0 Å². The van der Waals surface area contributed by atoms with Crippen LogP contribution in [0.25, 0.3) is 12.2 Å². The molecule has 0 aromatic heterocycles. The molecule has 0 bridgehead atoms. The summed E-state index contributed by atoms with van der Waals surface area (Å²) in [5.74, 6) is 0.878. The molecule has 2 nitrogen and oxygen atoms in total. The molecule has 0 saturated carbocycles. The topological polar surface area (TPSA) is 35.2 Å². The Morgan fingerprint density at radius 1 is 1.00 bits per heavy atom. The lowest BCUT2D eigenvalue weighted by atomic mass is 9.90. The number of rotatable bonds is 6. The molecule has 0 aliphatic carbocycles. The van der Waals surface area contributed by atoms with Crippen molar-refractivity contribution in [1.29, 1.82) is 0 Å². The minimum absolute atomic E-state index is 0.258. The van der Waals surface area contributed by atoms with Crippen molar-refractivity contribution in [2.24, 2.45) is 5.73 Å². The third kappa shape index (κ3) is 4.57. The predicted octanol–water partition coefficient (Wildman–Crippen LogP) is 5.01. The van der Waals surface area contributed by atoms with Crippen LogP contribution in [-0.2, 0) is 5.54 Å². The highest BCUT2D eigenvalue weighted by atomic mass is 16.5. The molecule has 1 atom stereocenters. The van der Waals surface area contributed by atoms with Gasteiger partial charge in [0, 0.05) is 11.1 Å². The minimum Gasteiger partial charge on any atom is -0.496 e. The summed E-state index contributed by atoms with van der Waals surface area (Å²) in [6.45, 7) is 4.17. The molecular formula is C21H25NO. The van der Waals surface area contributed by atoms with Gasteiger partial charge in [0.25, 0.3) is 0 Å². The highest BCUT2D eigenvalue weighted by Gasteiger charge is 2.17. The van der Waals surface area contributed by atoms with Crippen LogP contribution < -0.4 is 10.5 Å². The lowest BCUT2D eigenvalue weighted by Gasteiger charge is -2.23. The SMILES string of the molecule is CCC(C)(N)c1ccc(/C=C/C=C/c2ccccc2OC)cc1. The van der Waals surface area contributed by atoms with Crippen molar-refractivity contribution in [1.82, 2.24) is 0 Å². The first-order valence-corrected chi connectivity index (χ1v) is 7.94. The Labute approximate surface area is 139 Å². The van der Waals surface area contributed by atoms with E-state index in [4.69, 9.17) is 10.5 Å². The molecular weight excluding hydrogens is 282 g/mol. The van der Waals surface area contributed by atoms with E-state index >= 15 is 0 Å². The maximum atomic E-state index is 6.26. The Balaban J connectivity index is 2.05. The number of hydrogen-bond donors (Lipinski definition) is 1. The van der Waals surface area contributed by atoms with Crippen LogP contribution in [0.15, 0.2) is 60.7 Å². The Kier molecular flexibility index (Phi) is 5.78. The maximum Gasteiger partial charge on any atom is 0.126 e. The molecule has 2 N–H and O–H groups in total. The van der Waals surface area contributed by atoms with E-state index in [0.29, 0.717) is 0 Å². The van der Waals surface area contributed by atoms with Gasteiger partial charge in [-0.3, -0.25) is 0 Å². The van der Waals surface area contributed by atoms with Crippen LogP contribution >= 0.6 is 0 Å². The van der Waals surface area contributed by atoms with Gasteiger partial charge in [-0.25, -0.2) is 0 Å². The van der Waals surface area contributed by atoms with Crippen LogP contribution in [0.2, 0.25) is 0 Å². The third-order valence-corrected chi connectivity index (χ3v) is 4.12. The monoisotopic (exact) mass is 307 g/mol. The van der Waals surface area contributed by atoms with Crippen LogP contribution in [0.3, 0.4) is 0 Å². The fourth-order valence-electron chi connectivity index (χ4n) is 2.31. The second-order valence-electron chi connectivity index (χ2n) is 5.85. The summed E-state index contributed by atoms with van der Waals surface area (Å²) in [7, 11) is 1.69. The molecule has 0 amide bonds. The van der Waals surface area contributed by atoms with E-state index in [1.54, 1.807) is 7.11 Å². The highest BCUT2D eigenvalue weighted by molar-refractivity contribution is 5.61. The van der Waals surface area contributed by atoms with Gasteiger partial charge in [-0.05, 0) is 30.5 Å². The van der Waals surface area contributed by atoms with Gasteiger partial charge in [0.15, 0.2) is 0 Å². The Morgan fingerprint density at radius 2 is 1.65 bits per heavy atom. The van der Waals surface area contributed by atoms with Gasteiger partial charge in [0.2, 0.25) is 0 Å². The van der Waals surface area contributed by atoms with Crippen LogP contribution in [0.4, 0.5) is 0 Å². The van der Waals surface area contributed by atoms with E-state index in [2.05, 4.69) is 44.2 Å². The standard InChI is InChI=1S/C21H25NO/c1-4-21(2,22)19-15-13-17(14-16-19)9-5-6-10-18-11-7-8-12-20(18)23-3/h5-16H,4,22H2,1-3H3/b9-5+,10-6+. The van der Waals surface area contributed by atoms with Crippen molar-refractivity contribution in [3.05, 3.63) is 77.4 Å². The summed E-state index contributed by atoms with van der Waals surface area (Å²) in [5.41, 5.74) is 9.39. The second kappa shape index (κ2) is 7.80. The zero-order valence-corrected chi connectivity index (χ0v) is 14.1. The molecule has 0 aliphatic heterocycles. The number of allylic oxidation sites excluding steroid dienone is 2. The third-order valence-electron chi connectivity index (χ3n) is 4.12. The van der Waals surface area contributed by atoms with E-state index in [9.17, 15) is 0 Å². The first kappa shape index (κ1) is 17.0.